The lowest BCUT2D eigenvalue weighted by atomic mass is 10.2. The van der Waals surface area contributed by atoms with E-state index in [-0.39, 0.29) is 11.5 Å². The molecule has 0 spiro atoms. The molecule has 0 aliphatic heterocycles. The van der Waals surface area contributed by atoms with Crippen LogP contribution in [0.2, 0.25) is 0 Å². The SMILES string of the molecule is Cn1cc(/C=C/C(=O)Nc2cccc3ncccc23)c(=O)n(C)c1=O. The summed E-state index contributed by atoms with van der Waals surface area (Å²) in [5.41, 5.74) is 0.778. The second-order valence-corrected chi connectivity index (χ2v) is 5.54. The molecule has 0 saturated carbocycles. The topological polar surface area (TPSA) is 86.0 Å². The van der Waals surface area contributed by atoms with Gasteiger partial charge in [-0.25, -0.2) is 4.79 Å². The number of hydrogen-bond donors (Lipinski definition) is 1. The van der Waals surface area contributed by atoms with Crippen molar-refractivity contribution in [2.24, 2.45) is 14.1 Å². The quantitative estimate of drug-likeness (QED) is 0.730. The van der Waals surface area contributed by atoms with Crippen LogP contribution in [0.15, 0.2) is 58.4 Å². The molecule has 7 heteroatoms. The molecule has 0 unspecified atom stereocenters. The molecule has 1 N–H and O–H groups in total. The van der Waals surface area contributed by atoms with Gasteiger partial charge in [-0.2, -0.15) is 0 Å². The van der Waals surface area contributed by atoms with Crippen molar-refractivity contribution in [1.82, 2.24) is 14.1 Å². The zero-order valence-corrected chi connectivity index (χ0v) is 13.8. The van der Waals surface area contributed by atoms with Crippen molar-refractivity contribution in [2.45, 2.75) is 0 Å². The minimum Gasteiger partial charge on any atom is -0.322 e. The predicted molar refractivity (Wildman–Crippen MR) is 96.3 cm³/mol. The maximum Gasteiger partial charge on any atom is 0.330 e. The highest BCUT2D eigenvalue weighted by atomic mass is 16.2. The number of pyridine rings is 1. The van der Waals surface area contributed by atoms with E-state index in [4.69, 9.17) is 0 Å². The molecule has 126 valence electrons. The van der Waals surface area contributed by atoms with E-state index in [1.165, 1.54) is 30.0 Å². The van der Waals surface area contributed by atoms with E-state index in [1.807, 2.05) is 12.1 Å². The zero-order valence-electron chi connectivity index (χ0n) is 13.8. The molecule has 3 aromatic rings. The van der Waals surface area contributed by atoms with Crippen LogP contribution >= 0.6 is 0 Å². The lowest BCUT2D eigenvalue weighted by Crippen LogP contribution is -2.37. The summed E-state index contributed by atoms with van der Waals surface area (Å²) in [6.07, 6.45) is 5.73. The summed E-state index contributed by atoms with van der Waals surface area (Å²) in [5.74, 6) is -0.382. The Kier molecular flexibility index (Phi) is 4.30. The molecule has 0 saturated heterocycles. The maximum atomic E-state index is 12.2. The van der Waals surface area contributed by atoms with Crippen molar-refractivity contribution in [3.05, 3.63) is 75.2 Å². The third kappa shape index (κ3) is 3.25. The van der Waals surface area contributed by atoms with Gasteiger partial charge in [-0.05, 0) is 30.3 Å². The van der Waals surface area contributed by atoms with Gasteiger partial charge >= 0.3 is 5.69 Å². The Bertz CT molecular complexity index is 1100. The highest BCUT2D eigenvalue weighted by molar-refractivity contribution is 6.06. The van der Waals surface area contributed by atoms with Gasteiger partial charge in [0.25, 0.3) is 5.56 Å². The summed E-state index contributed by atoms with van der Waals surface area (Å²) in [6, 6.07) is 9.10. The first-order chi connectivity index (χ1) is 12.0. The largest absolute Gasteiger partial charge is 0.330 e. The molecule has 2 aromatic heterocycles. The van der Waals surface area contributed by atoms with Gasteiger partial charge in [0, 0.05) is 38.0 Å². The molecule has 0 bridgehead atoms. The van der Waals surface area contributed by atoms with Gasteiger partial charge in [-0.3, -0.25) is 19.1 Å². The van der Waals surface area contributed by atoms with Crippen LogP contribution in [0.1, 0.15) is 5.56 Å². The molecule has 1 aromatic carbocycles. The van der Waals surface area contributed by atoms with E-state index in [9.17, 15) is 14.4 Å². The van der Waals surface area contributed by atoms with Crippen LogP contribution < -0.4 is 16.6 Å². The normalized spacial score (nSPS) is 11.1. The van der Waals surface area contributed by atoms with Crippen LogP contribution in [-0.4, -0.2) is 20.0 Å². The van der Waals surface area contributed by atoms with Gasteiger partial charge in [0.2, 0.25) is 5.91 Å². The fraction of sp³-hybridized carbons (Fsp3) is 0.111. The van der Waals surface area contributed by atoms with Crippen molar-refractivity contribution >= 4 is 28.6 Å². The van der Waals surface area contributed by atoms with Gasteiger partial charge in [0.1, 0.15) is 0 Å². The second kappa shape index (κ2) is 6.56. The highest BCUT2D eigenvalue weighted by Crippen LogP contribution is 2.21. The molecular weight excluding hydrogens is 320 g/mol. The van der Waals surface area contributed by atoms with Gasteiger partial charge in [-0.15, -0.1) is 0 Å². The van der Waals surface area contributed by atoms with E-state index < -0.39 is 11.2 Å². The smallest absolute Gasteiger partial charge is 0.322 e. The molecule has 0 atom stereocenters. The van der Waals surface area contributed by atoms with Crippen molar-refractivity contribution < 1.29 is 4.79 Å². The second-order valence-electron chi connectivity index (χ2n) is 5.54. The Balaban J connectivity index is 1.87. The average Bonchev–Trinajstić information content (AvgIpc) is 2.62. The number of carbonyl (C=O) groups is 1. The average molecular weight is 336 g/mol. The lowest BCUT2D eigenvalue weighted by molar-refractivity contribution is -0.111. The fourth-order valence-electron chi connectivity index (χ4n) is 2.50. The molecule has 0 fully saturated rings. The van der Waals surface area contributed by atoms with Crippen molar-refractivity contribution in [3.63, 3.8) is 0 Å². The maximum absolute atomic E-state index is 12.2. The van der Waals surface area contributed by atoms with Gasteiger partial charge in [0.05, 0.1) is 16.8 Å². The number of benzene rings is 1. The van der Waals surface area contributed by atoms with Crippen LogP contribution in [0.4, 0.5) is 5.69 Å². The fourth-order valence-corrected chi connectivity index (χ4v) is 2.50. The predicted octanol–water partition coefficient (Wildman–Crippen LogP) is 1.28. The molecule has 0 radical (unpaired) electrons. The molecule has 7 nitrogen and oxygen atoms in total. The summed E-state index contributed by atoms with van der Waals surface area (Å²) in [6.45, 7) is 0. The summed E-state index contributed by atoms with van der Waals surface area (Å²) in [5, 5.41) is 3.60. The lowest BCUT2D eigenvalue weighted by Gasteiger charge is -2.06. The number of nitrogens with one attached hydrogen (secondary N) is 1. The minimum atomic E-state index is -0.457. The zero-order chi connectivity index (χ0) is 18.0. The number of hydrogen-bond acceptors (Lipinski definition) is 4. The van der Waals surface area contributed by atoms with Gasteiger partial charge in [-0.1, -0.05) is 6.07 Å². The minimum absolute atomic E-state index is 0.249. The first-order valence-electron chi connectivity index (χ1n) is 7.57. The van der Waals surface area contributed by atoms with E-state index in [0.717, 1.165) is 15.5 Å². The summed E-state index contributed by atoms with van der Waals surface area (Å²) in [7, 11) is 2.94. The third-order valence-corrected chi connectivity index (χ3v) is 3.79. The molecule has 0 aliphatic rings. The van der Waals surface area contributed by atoms with Crippen LogP contribution in [0.3, 0.4) is 0 Å². The van der Waals surface area contributed by atoms with Crippen molar-refractivity contribution in [2.75, 3.05) is 5.32 Å². The summed E-state index contributed by atoms with van der Waals surface area (Å²) in [4.78, 5) is 40.1. The van der Waals surface area contributed by atoms with E-state index in [0.29, 0.717) is 5.69 Å². The number of amides is 1. The Morgan fingerprint density at radius 2 is 1.96 bits per heavy atom. The number of aromatic nitrogens is 3. The van der Waals surface area contributed by atoms with Crippen molar-refractivity contribution in [1.29, 1.82) is 0 Å². The molecule has 2 heterocycles. The monoisotopic (exact) mass is 336 g/mol. The number of fused-ring (bicyclic) bond motifs is 1. The number of rotatable bonds is 3. The summed E-state index contributed by atoms with van der Waals surface area (Å²) >= 11 is 0. The summed E-state index contributed by atoms with van der Waals surface area (Å²) < 4.78 is 2.28. The van der Waals surface area contributed by atoms with Gasteiger partial charge in [0.15, 0.2) is 0 Å². The van der Waals surface area contributed by atoms with Crippen LogP contribution in [0.25, 0.3) is 17.0 Å². The van der Waals surface area contributed by atoms with E-state index in [1.54, 1.807) is 31.4 Å². The number of aryl methyl sites for hydroxylation is 1. The number of anilines is 1. The third-order valence-electron chi connectivity index (χ3n) is 3.79. The highest BCUT2D eigenvalue weighted by Gasteiger charge is 2.06. The Morgan fingerprint density at radius 1 is 1.16 bits per heavy atom. The molecule has 3 rings (SSSR count). The molecule has 1 amide bonds. The van der Waals surface area contributed by atoms with Gasteiger partial charge < -0.3 is 9.88 Å². The standard InChI is InChI=1S/C18H16N4O3/c1-21-11-12(17(24)22(2)18(21)25)8-9-16(23)20-15-7-3-6-14-13(15)5-4-10-19-14/h3-11H,1-2H3,(H,20,23)/b9-8+. The van der Waals surface area contributed by atoms with E-state index >= 15 is 0 Å². The number of nitrogens with zero attached hydrogens (tertiary/aromatic N) is 3. The molecular formula is C18H16N4O3. The Morgan fingerprint density at radius 3 is 2.76 bits per heavy atom. The Labute approximate surface area is 142 Å². The van der Waals surface area contributed by atoms with Crippen LogP contribution in [0.5, 0.6) is 0 Å². The first-order valence-corrected chi connectivity index (χ1v) is 7.57. The Hall–Kier alpha value is -3.48. The molecule has 0 aliphatic carbocycles. The first kappa shape index (κ1) is 16.4. The van der Waals surface area contributed by atoms with E-state index in [2.05, 4.69) is 10.3 Å². The molecule has 25 heavy (non-hydrogen) atoms. The van der Waals surface area contributed by atoms with Crippen molar-refractivity contribution in [3.8, 4) is 0 Å². The van der Waals surface area contributed by atoms with Crippen LogP contribution in [-0.2, 0) is 18.9 Å². The van der Waals surface area contributed by atoms with Crippen LogP contribution in [0, 0.1) is 0 Å². The number of carbonyl (C=O) groups excluding carboxylic acids is 1.